The Bertz CT molecular complexity index is 460. The van der Waals surface area contributed by atoms with Gasteiger partial charge < -0.3 is 14.6 Å². The third kappa shape index (κ3) is 3.00. The smallest absolute Gasteiger partial charge is 0.146 e. The van der Waals surface area contributed by atoms with Crippen molar-refractivity contribution in [1.29, 1.82) is 0 Å². The molecular weight excluding hydrogens is 254 g/mol. The van der Waals surface area contributed by atoms with Crippen LogP contribution >= 0.6 is 0 Å². The number of aliphatic hydroxyl groups is 1. The summed E-state index contributed by atoms with van der Waals surface area (Å²) in [6.45, 7) is 0. The van der Waals surface area contributed by atoms with E-state index in [-0.39, 0.29) is 12.7 Å². The second-order valence-electron chi connectivity index (χ2n) is 3.75. The first-order valence-corrected chi connectivity index (χ1v) is 5.57. The molecule has 0 aliphatic heterocycles. The Balaban J connectivity index is 3.45. The lowest BCUT2D eigenvalue weighted by molar-refractivity contribution is -0.0548. The van der Waals surface area contributed by atoms with E-state index in [4.69, 9.17) is 9.47 Å². The maximum atomic E-state index is 12.7. The van der Waals surface area contributed by atoms with Crippen LogP contribution in [0.3, 0.4) is 0 Å². The van der Waals surface area contributed by atoms with Crippen molar-refractivity contribution in [3.05, 3.63) is 54.6 Å². The molecule has 0 aliphatic rings. The van der Waals surface area contributed by atoms with E-state index in [1.165, 1.54) is 14.2 Å². The highest BCUT2D eigenvalue weighted by Gasteiger charge is 2.39. The van der Waals surface area contributed by atoms with E-state index in [9.17, 15) is 13.9 Å². The minimum absolute atomic E-state index is 0.180. The van der Waals surface area contributed by atoms with Crippen LogP contribution in [-0.2, 0) is 10.3 Å². The van der Waals surface area contributed by atoms with Crippen LogP contribution in [0.1, 0.15) is 5.56 Å². The second kappa shape index (κ2) is 7.01. The fraction of sp³-hybridized carbons (Fsp3) is 0.286. The van der Waals surface area contributed by atoms with Gasteiger partial charge in [0.1, 0.15) is 17.5 Å². The summed E-state index contributed by atoms with van der Waals surface area (Å²) in [5.41, 5.74) is -1.18. The van der Waals surface area contributed by atoms with Crippen molar-refractivity contribution in [1.82, 2.24) is 0 Å². The van der Waals surface area contributed by atoms with Crippen molar-refractivity contribution in [2.45, 2.75) is 11.7 Å². The van der Waals surface area contributed by atoms with Gasteiger partial charge in [0, 0.05) is 12.7 Å². The number of hydrogen-bond donors (Lipinski definition) is 1. The minimum atomic E-state index is -1.57. The molecule has 2 atom stereocenters. The third-order valence-corrected chi connectivity index (χ3v) is 2.87. The number of para-hydroxylation sites is 1. The highest BCUT2D eigenvalue weighted by atomic mass is 19.1. The summed E-state index contributed by atoms with van der Waals surface area (Å²) in [6.07, 6.45) is 0.891. The molecule has 1 aromatic carbocycles. The predicted octanol–water partition coefficient (Wildman–Crippen LogP) is 2.86. The molecule has 0 spiro atoms. The Morgan fingerprint density at radius 1 is 1.21 bits per heavy atom. The van der Waals surface area contributed by atoms with Crippen molar-refractivity contribution in [2.24, 2.45) is 0 Å². The maximum absolute atomic E-state index is 12.7. The Labute approximate surface area is 110 Å². The molecule has 1 N–H and O–H groups in total. The molecule has 0 saturated carbocycles. The normalized spacial score (nSPS) is 16.7. The van der Waals surface area contributed by atoms with Crippen molar-refractivity contribution >= 4 is 0 Å². The van der Waals surface area contributed by atoms with Gasteiger partial charge in [-0.15, -0.1) is 0 Å². The molecule has 0 aliphatic carbocycles. The van der Waals surface area contributed by atoms with Crippen LogP contribution in [-0.4, -0.2) is 25.4 Å². The average Bonchev–Trinajstić information content (AvgIpc) is 2.45. The van der Waals surface area contributed by atoms with Gasteiger partial charge in [-0.25, -0.2) is 8.78 Å². The number of rotatable bonds is 6. The van der Waals surface area contributed by atoms with Gasteiger partial charge in [0.2, 0.25) is 0 Å². The number of hydrogen-bond acceptors (Lipinski definition) is 3. The van der Waals surface area contributed by atoms with E-state index in [1.54, 1.807) is 24.3 Å². The molecule has 0 fully saturated rings. The van der Waals surface area contributed by atoms with Crippen LogP contribution in [0.15, 0.2) is 49.1 Å². The molecule has 0 aromatic heterocycles. The van der Waals surface area contributed by atoms with Gasteiger partial charge in [-0.3, -0.25) is 0 Å². The van der Waals surface area contributed by atoms with Crippen LogP contribution in [0.25, 0.3) is 0 Å². The van der Waals surface area contributed by atoms with E-state index in [1.807, 2.05) is 0 Å². The lowest BCUT2D eigenvalue weighted by atomic mass is 9.87. The van der Waals surface area contributed by atoms with Crippen LogP contribution < -0.4 is 4.74 Å². The Kier molecular flexibility index (Phi) is 5.66. The molecule has 0 amide bonds. The number of aliphatic hydroxyl groups excluding tert-OH is 1. The van der Waals surface area contributed by atoms with Gasteiger partial charge in [0.25, 0.3) is 0 Å². The summed E-state index contributed by atoms with van der Waals surface area (Å²) < 4.78 is 35.4. The number of methoxy groups -OCH3 is 2. The van der Waals surface area contributed by atoms with E-state index >= 15 is 0 Å². The molecule has 0 radical (unpaired) electrons. The van der Waals surface area contributed by atoms with Gasteiger partial charge in [0.15, 0.2) is 0 Å². The van der Waals surface area contributed by atoms with E-state index in [0.717, 1.165) is 12.2 Å². The van der Waals surface area contributed by atoms with Gasteiger partial charge in [-0.05, 0) is 18.2 Å². The zero-order valence-electron chi connectivity index (χ0n) is 10.7. The van der Waals surface area contributed by atoms with E-state index in [0.29, 0.717) is 11.3 Å². The first kappa shape index (κ1) is 15.3. The van der Waals surface area contributed by atoms with Gasteiger partial charge >= 0.3 is 0 Å². The zero-order valence-corrected chi connectivity index (χ0v) is 10.7. The van der Waals surface area contributed by atoms with Gasteiger partial charge in [-0.1, -0.05) is 18.2 Å². The Morgan fingerprint density at radius 3 is 2.42 bits per heavy atom. The van der Waals surface area contributed by atoms with Gasteiger partial charge in [-0.2, -0.15) is 0 Å². The summed E-state index contributed by atoms with van der Waals surface area (Å²) in [4.78, 5) is 0. The molecule has 2 unspecified atom stereocenters. The summed E-state index contributed by atoms with van der Waals surface area (Å²) in [5.74, 6) is 0.397. The summed E-state index contributed by atoms with van der Waals surface area (Å²) >= 11 is 0. The quantitative estimate of drug-likeness (QED) is 0.863. The zero-order chi connectivity index (χ0) is 14.3. The summed E-state index contributed by atoms with van der Waals surface area (Å²) in [6, 6.07) is 6.65. The molecule has 0 saturated heterocycles. The van der Waals surface area contributed by atoms with Gasteiger partial charge in [0.05, 0.1) is 19.8 Å². The summed E-state index contributed by atoms with van der Waals surface area (Å²) in [5, 5.41) is 10.0. The number of benzene rings is 1. The van der Waals surface area contributed by atoms with Crippen molar-refractivity contribution in [2.75, 3.05) is 14.2 Å². The van der Waals surface area contributed by atoms with Crippen LogP contribution in [0.5, 0.6) is 5.75 Å². The van der Waals surface area contributed by atoms with Crippen molar-refractivity contribution in [3.63, 3.8) is 0 Å². The highest BCUT2D eigenvalue weighted by Crippen LogP contribution is 2.37. The molecule has 5 heteroatoms. The molecule has 1 rings (SSSR count). The Hall–Kier alpha value is -1.72. The Morgan fingerprint density at radius 2 is 1.89 bits per heavy atom. The highest BCUT2D eigenvalue weighted by molar-refractivity contribution is 5.42. The number of halogens is 2. The fourth-order valence-corrected chi connectivity index (χ4v) is 1.92. The van der Waals surface area contributed by atoms with Crippen LogP contribution in [0, 0.1) is 0 Å². The van der Waals surface area contributed by atoms with E-state index in [2.05, 4.69) is 0 Å². The lowest BCUT2D eigenvalue weighted by Crippen LogP contribution is -2.38. The van der Waals surface area contributed by atoms with Crippen LogP contribution in [0.2, 0.25) is 0 Å². The monoisotopic (exact) mass is 270 g/mol. The van der Waals surface area contributed by atoms with Crippen molar-refractivity contribution < 1.29 is 23.4 Å². The minimum Gasteiger partial charge on any atom is -0.496 e. The molecule has 104 valence electrons. The first-order chi connectivity index (χ1) is 9.16. The molecule has 1 aromatic rings. The lowest BCUT2D eigenvalue weighted by Gasteiger charge is -2.33. The fourth-order valence-electron chi connectivity index (χ4n) is 1.92. The molecular formula is C14H16F2O3. The average molecular weight is 270 g/mol. The largest absolute Gasteiger partial charge is 0.496 e. The molecule has 19 heavy (non-hydrogen) atoms. The van der Waals surface area contributed by atoms with Crippen molar-refractivity contribution in [3.8, 4) is 5.75 Å². The molecule has 0 heterocycles. The predicted molar refractivity (Wildman–Crippen MR) is 68.2 cm³/mol. The SMILES string of the molecule is COc1ccccc1C(/C=C/F)(OC)C(O)/C=C/F. The second-order valence-corrected chi connectivity index (χ2v) is 3.75. The molecule has 0 bridgehead atoms. The number of ether oxygens (including phenoxy) is 2. The third-order valence-electron chi connectivity index (χ3n) is 2.87. The standard InChI is InChI=1S/C14H16F2O3/c1-18-12-6-4-3-5-11(12)14(19-2,8-10-16)13(17)7-9-15/h3-10,13,17H,1-2H3/b9-7+,10-8+. The summed E-state index contributed by atoms with van der Waals surface area (Å²) in [7, 11) is 2.73. The van der Waals surface area contributed by atoms with Crippen LogP contribution in [0.4, 0.5) is 8.78 Å². The molecule has 3 nitrogen and oxygen atoms in total. The maximum Gasteiger partial charge on any atom is 0.146 e. The van der Waals surface area contributed by atoms with E-state index < -0.39 is 11.7 Å². The first-order valence-electron chi connectivity index (χ1n) is 5.57. The topological polar surface area (TPSA) is 38.7 Å².